The van der Waals surface area contributed by atoms with Crippen molar-refractivity contribution in [2.75, 3.05) is 19.3 Å². The number of phenolic OH excluding ortho intramolecular Hbond substituents is 1. The molecule has 4 nitrogen and oxygen atoms in total. The predicted molar refractivity (Wildman–Crippen MR) is 86.1 cm³/mol. The molecular weight excluding hydrogens is 298 g/mol. The van der Waals surface area contributed by atoms with Gasteiger partial charge in [-0.1, -0.05) is 30.3 Å². The predicted octanol–water partition coefficient (Wildman–Crippen LogP) is 2.07. The van der Waals surface area contributed by atoms with E-state index in [4.69, 9.17) is 0 Å². The van der Waals surface area contributed by atoms with Gasteiger partial charge in [0.1, 0.15) is 10.6 Å². The molecule has 0 saturated carbocycles. The lowest BCUT2D eigenvalue weighted by Gasteiger charge is -2.19. The summed E-state index contributed by atoms with van der Waals surface area (Å²) in [6.07, 6.45) is 1.87. The molecule has 3 rings (SSSR count). The average molecular weight is 317 g/mol. The number of benzene rings is 2. The van der Waals surface area contributed by atoms with E-state index in [1.54, 1.807) is 12.1 Å². The van der Waals surface area contributed by atoms with Gasteiger partial charge in [0.05, 0.1) is 0 Å². The maximum atomic E-state index is 11.8. The normalized spacial score (nSPS) is 18.5. The minimum Gasteiger partial charge on any atom is -0.507 e. The number of rotatable bonds is 2. The average Bonchev–Trinajstić information content (AvgIpc) is 2.68. The Kier molecular flexibility index (Phi) is 3.93. The molecule has 0 radical (unpaired) electrons. The molecule has 2 aromatic rings. The van der Waals surface area contributed by atoms with Crippen LogP contribution in [0.3, 0.4) is 0 Å². The Morgan fingerprint density at radius 2 is 1.91 bits per heavy atom. The van der Waals surface area contributed by atoms with Crippen molar-refractivity contribution in [2.45, 2.75) is 17.2 Å². The molecular formula is C17H19NO3S. The molecule has 1 unspecified atom stereocenters. The van der Waals surface area contributed by atoms with Crippen LogP contribution in [0, 0.1) is 0 Å². The van der Waals surface area contributed by atoms with Gasteiger partial charge in [-0.2, -0.15) is 0 Å². The van der Waals surface area contributed by atoms with Gasteiger partial charge in [0.15, 0.2) is 9.84 Å². The third kappa shape index (κ3) is 2.87. The van der Waals surface area contributed by atoms with Gasteiger partial charge in [0.2, 0.25) is 0 Å². The highest BCUT2D eigenvalue weighted by Crippen LogP contribution is 2.35. The minimum atomic E-state index is -3.43. The van der Waals surface area contributed by atoms with E-state index in [1.165, 1.54) is 0 Å². The van der Waals surface area contributed by atoms with Crippen molar-refractivity contribution in [1.82, 2.24) is 5.32 Å². The van der Waals surface area contributed by atoms with Gasteiger partial charge in [-0.3, -0.25) is 0 Å². The summed E-state index contributed by atoms with van der Waals surface area (Å²) in [5.74, 6) is -0.0534. The Labute approximate surface area is 130 Å². The van der Waals surface area contributed by atoms with E-state index in [0.29, 0.717) is 0 Å². The van der Waals surface area contributed by atoms with Gasteiger partial charge in [-0.15, -0.1) is 0 Å². The number of hydrogen-bond donors (Lipinski definition) is 2. The zero-order chi connectivity index (χ0) is 15.7. The Morgan fingerprint density at radius 3 is 2.59 bits per heavy atom. The van der Waals surface area contributed by atoms with Crippen molar-refractivity contribution in [2.24, 2.45) is 0 Å². The second kappa shape index (κ2) is 5.74. The van der Waals surface area contributed by atoms with Gasteiger partial charge >= 0.3 is 0 Å². The van der Waals surface area contributed by atoms with Gasteiger partial charge < -0.3 is 10.4 Å². The van der Waals surface area contributed by atoms with Crippen molar-refractivity contribution >= 4 is 9.84 Å². The molecule has 0 bridgehead atoms. The Hall–Kier alpha value is -1.85. The van der Waals surface area contributed by atoms with Crippen LogP contribution >= 0.6 is 0 Å². The Bertz CT molecular complexity index is 785. The maximum Gasteiger partial charge on any atom is 0.179 e. The zero-order valence-corrected chi connectivity index (χ0v) is 13.2. The van der Waals surface area contributed by atoms with Crippen molar-refractivity contribution in [3.05, 3.63) is 59.2 Å². The van der Waals surface area contributed by atoms with E-state index in [0.717, 1.165) is 42.5 Å². The third-order valence-corrected chi connectivity index (χ3v) is 5.24. The molecule has 2 N–H and O–H groups in total. The molecule has 2 aromatic carbocycles. The fraction of sp³-hybridized carbons (Fsp3) is 0.294. The number of fused-ring (bicyclic) bond motifs is 1. The molecule has 0 spiro atoms. The molecule has 0 fully saturated rings. The van der Waals surface area contributed by atoms with Crippen LogP contribution in [0.15, 0.2) is 47.4 Å². The monoisotopic (exact) mass is 317 g/mol. The molecule has 5 heteroatoms. The van der Waals surface area contributed by atoms with Crippen LogP contribution in [0.5, 0.6) is 5.75 Å². The van der Waals surface area contributed by atoms with Crippen molar-refractivity contribution < 1.29 is 13.5 Å². The number of phenols is 1. The molecule has 0 amide bonds. The van der Waals surface area contributed by atoms with Crippen LogP contribution in [0.25, 0.3) is 0 Å². The summed E-state index contributed by atoms with van der Waals surface area (Å²) in [6, 6.07) is 13.3. The van der Waals surface area contributed by atoms with Crippen LogP contribution < -0.4 is 5.32 Å². The zero-order valence-electron chi connectivity index (χ0n) is 12.4. The van der Waals surface area contributed by atoms with Crippen molar-refractivity contribution in [1.29, 1.82) is 0 Å². The molecule has 116 valence electrons. The molecule has 22 heavy (non-hydrogen) atoms. The third-order valence-electron chi connectivity index (χ3n) is 4.12. The summed E-state index contributed by atoms with van der Waals surface area (Å²) in [7, 11) is -3.43. The smallest absolute Gasteiger partial charge is 0.179 e. The standard InChI is InChI=1S/C17H19NO3S/c1-22(20,21)17-9-13-7-8-18-11-15(14(13)10-16(17)19)12-5-3-2-4-6-12/h2-6,9-10,15,18-19H,7-8,11H2,1H3. The van der Waals surface area contributed by atoms with E-state index >= 15 is 0 Å². The van der Waals surface area contributed by atoms with Crippen LogP contribution in [-0.2, 0) is 16.3 Å². The SMILES string of the molecule is CS(=O)(=O)c1cc2c(cc1O)C(c1ccccc1)CNCC2. The number of sulfone groups is 1. The summed E-state index contributed by atoms with van der Waals surface area (Å²) in [4.78, 5) is 0.0139. The summed E-state index contributed by atoms with van der Waals surface area (Å²) in [5.41, 5.74) is 3.14. The van der Waals surface area contributed by atoms with Gasteiger partial charge in [0, 0.05) is 18.7 Å². The van der Waals surface area contributed by atoms with E-state index < -0.39 is 9.84 Å². The number of hydrogen-bond acceptors (Lipinski definition) is 4. The van der Waals surface area contributed by atoms with Crippen LogP contribution in [0.1, 0.15) is 22.6 Å². The lowest BCUT2D eigenvalue weighted by Crippen LogP contribution is -2.20. The molecule has 1 aliphatic rings. The minimum absolute atomic E-state index is 0.0139. The van der Waals surface area contributed by atoms with E-state index in [2.05, 4.69) is 17.4 Å². The first-order valence-corrected chi connectivity index (χ1v) is 9.17. The number of nitrogens with one attached hydrogen (secondary N) is 1. The topological polar surface area (TPSA) is 66.4 Å². The lowest BCUT2D eigenvalue weighted by molar-refractivity contribution is 0.457. The molecule has 1 aliphatic heterocycles. The highest BCUT2D eigenvalue weighted by Gasteiger charge is 2.24. The van der Waals surface area contributed by atoms with Crippen LogP contribution in [0.4, 0.5) is 0 Å². The van der Waals surface area contributed by atoms with Gasteiger partial charge in [-0.05, 0) is 41.8 Å². The molecule has 0 aliphatic carbocycles. The Balaban J connectivity index is 2.16. The van der Waals surface area contributed by atoms with Crippen LogP contribution in [0.2, 0.25) is 0 Å². The van der Waals surface area contributed by atoms with E-state index in [1.807, 2.05) is 18.2 Å². The largest absolute Gasteiger partial charge is 0.507 e. The molecule has 0 aromatic heterocycles. The Morgan fingerprint density at radius 1 is 1.18 bits per heavy atom. The first kappa shape index (κ1) is 15.1. The molecule has 0 saturated heterocycles. The van der Waals surface area contributed by atoms with Crippen molar-refractivity contribution in [3.8, 4) is 5.75 Å². The van der Waals surface area contributed by atoms with Crippen LogP contribution in [-0.4, -0.2) is 32.9 Å². The summed E-state index contributed by atoms with van der Waals surface area (Å²) < 4.78 is 23.6. The quantitative estimate of drug-likeness (QED) is 0.890. The molecule has 1 heterocycles. The summed E-state index contributed by atoms with van der Waals surface area (Å²) in [6.45, 7) is 1.57. The first-order valence-electron chi connectivity index (χ1n) is 7.28. The molecule has 1 atom stereocenters. The summed E-state index contributed by atoms with van der Waals surface area (Å²) >= 11 is 0. The maximum absolute atomic E-state index is 11.8. The van der Waals surface area contributed by atoms with Gasteiger partial charge in [0.25, 0.3) is 0 Å². The summed E-state index contributed by atoms with van der Waals surface area (Å²) in [5, 5.41) is 13.5. The number of aromatic hydroxyl groups is 1. The van der Waals surface area contributed by atoms with Crippen molar-refractivity contribution in [3.63, 3.8) is 0 Å². The fourth-order valence-electron chi connectivity index (χ4n) is 3.03. The second-order valence-corrected chi connectivity index (χ2v) is 7.69. The van der Waals surface area contributed by atoms with E-state index in [9.17, 15) is 13.5 Å². The fourth-order valence-corrected chi connectivity index (χ4v) is 3.82. The lowest BCUT2D eigenvalue weighted by atomic mass is 9.88. The highest BCUT2D eigenvalue weighted by molar-refractivity contribution is 7.90. The van der Waals surface area contributed by atoms with Gasteiger partial charge in [-0.25, -0.2) is 8.42 Å². The van der Waals surface area contributed by atoms with E-state index in [-0.39, 0.29) is 16.6 Å². The highest BCUT2D eigenvalue weighted by atomic mass is 32.2. The first-order chi connectivity index (χ1) is 10.5. The second-order valence-electron chi connectivity index (χ2n) is 5.71.